The summed E-state index contributed by atoms with van der Waals surface area (Å²) in [5.41, 5.74) is 1.32. The highest BCUT2D eigenvalue weighted by molar-refractivity contribution is 5.75. The van der Waals surface area contributed by atoms with Crippen LogP contribution >= 0.6 is 0 Å². The Kier molecular flexibility index (Phi) is 7.81. The van der Waals surface area contributed by atoms with E-state index in [1.807, 2.05) is 12.1 Å². The van der Waals surface area contributed by atoms with Gasteiger partial charge in [-0.15, -0.1) is 0 Å². The Labute approximate surface area is 148 Å². The lowest BCUT2D eigenvalue weighted by molar-refractivity contribution is -0.142. The van der Waals surface area contributed by atoms with E-state index >= 15 is 0 Å². The van der Waals surface area contributed by atoms with Crippen molar-refractivity contribution >= 4 is 5.97 Å². The van der Waals surface area contributed by atoms with Crippen LogP contribution < -0.4 is 4.74 Å². The number of esters is 1. The maximum absolute atomic E-state index is 12.5. The number of aryl methyl sites for hydroxylation is 1. The number of ether oxygens (including phenoxy) is 1. The van der Waals surface area contributed by atoms with Gasteiger partial charge in [0, 0.05) is 0 Å². The summed E-state index contributed by atoms with van der Waals surface area (Å²) in [6, 6.07) is 8.06. The molecule has 0 aromatic heterocycles. The molecular weight excluding hydrogens is 296 g/mol. The van der Waals surface area contributed by atoms with Crippen molar-refractivity contribution in [1.29, 1.82) is 0 Å². The van der Waals surface area contributed by atoms with Gasteiger partial charge in [-0.05, 0) is 61.6 Å². The number of unbranched alkanes of at least 4 members (excludes halogenated alkanes) is 2. The van der Waals surface area contributed by atoms with Gasteiger partial charge in [-0.3, -0.25) is 4.79 Å². The van der Waals surface area contributed by atoms with E-state index in [1.54, 1.807) is 0 Å². The van der Waals surface area contributed by atoms with Crippen LogP contribution in [0.25, 0.3) is 0 Å². The molecule has 0 N–H and O–H groups in total. The van der Waals surface area contributed by atoms with Crippen molar-refractivity contribution in [2.24, 2.45) is 17.8 Å². The second-order valence-corrected chi connectivity index (χ2v) is 7.57. The van der Waals surface area contributed by atoms with E-state index in [9.17, 15) is 4.79 Å². The molecule has 0 bridgehead atoms. The lowest BCUT2D eigenvalue weighted by atomic mass is 9.73. The first-order valence-electron chi connectivity index (χ1n) is 9.94. The van der Waals surface area contributed by atoms with Gasteiger partial charge in [-0.25, -0.2) is 0 Å². The Balaban J connectivity index is 1.83. The highest BCUT2D eigenvalue weighted by Crippen LogP contribution is 2.37. The Bertz CT molecular complexity index is 491. The van der Waals surface area contributed by atoms with E-state index < -0.39 is 0 Å². The predicted molar refractivity (Wildman–Crippen MR) is 100 cm³/mol. The molecule has 0 aliphatic heterocycles. The van der Waals surface area contributed by atoms with Crippen LogP contribution in [0.4, 0.5) is 0 Å². The summed E-state index contributed by atoms with van der Waals surface area (Å²) in [6.07, 6.45) is 10.8. The van der Waals surface area contributed by atoms with Gasteiger partial charge in [0.15, 0.2) is 0 Å². The Hall–Kier alpha value is -1.31. The summed E-state index contributed by atoms with van der Waals surface area (Å²) in [5, 5.41) is 0. The molecule has 24 heavy (non-hydrogen) atoms. The Morgan fingerprint density at radius 2 is 1.79 bits per heavy atom. The van der Waals surface area contributed by atoms with Crippen molar-refractivity contribution in [2.75, 3.05) is 0 Å². The number of hydrogen-bond donors (Lipinski definition) is 0. The largest absolute Gasteiger partial charge is 0.426 e. The fraction of sp³-hybridized carbons (Fsp3) is 0.682. The lowest BCUT2D eigenvalue weighted by Crippen LogP contribution is -2.32. The van der Waals surface area contributed by atoms with Gasteiger partial charge in [0.1, 0.15) is 5.75 Å². The van der Waals surface area contributed by atoms with Crippen molar-refractivity contribution in [1.82, 2.24) is 0 Å². The molecule has 1 aliphatic carbocycles. The minimum Gasteiger partial charge on any atom is -0.426 e. The van der Waals surface area contributed by atoms with E-state index in [-0.39, 0.29) is 11.9 Å². The van der Waals surface area contributed by atoms with Crippen molar-refractivity contribution < 1.29 is 9.53 Å². The minimum atomic E-state index is -0.0299. The van der Waals surface area contributed by atoms with Crippen LogP contribution in [0.2, 0.25) is 0 Å². The average molecular weight is 331 g/mol. The van der Waals surface area contributed by atoms with Gasteiger partial charge >= 0.3 is 5.97 Å². The summed E-state index contributed by atoms with van der Waals surface area (Å²) in [4.78, 5) is 12.5. The zero-order chi connectivity index (χ0) is 17.4. The topological polar surface area (TPSA) is 26.3 Å². The third-order valence-corrected chi connectivity index (χ3v) is 5.51. The molecule has 2 heteroatoms. The van der Waals surface area contributed by atoms with E-state index in [2.05, 4.69) is 32.9 Å². The second kappa shape index (κ2) is 9.86. The first kappa shape index (κ1) is 19.0. The number of benzene rings is 1. The van der Waals surface area contributed by atoms with Crippen LogP contribution in [0.1, 0.15) is 77.7 Å². The summed E-state index contributed by atoms with van der Waals surface area (Å²) in [7, 11) is 0. The van der Waals surface area contributed by atoms with E-state index in [0.717, 1.165) is 18.8 Å². The van der Waals surface area contributed by atoms with Crippen molar-refractivity contribution in [2.45, 2.75) is 78.6 Å². The molecule has 0 amide bonds. The Morgan fingerprint density at radius 3 is 2.42 bits per heavy atom. The molecular formula is C22H34O2. The van der Waals surface area contributed by atoms with Gasteiger partial charge in [-0.2, -0.15) is 0 Å². The van der Waals surface area contributed by atoms with Gasteiger partial charge < -0.3 is 4.74 Å². The van der Waals surface area contributed by atoms with Crippen LogP contribution in [-0.2, 0) is 11.2 Å². The molecule has 0 spiro atoms. The molecule has 0 saturated heterocycles. The molecule has 1 aromatic carbocycles. The molecule has 1 aromatic rings. The zero-order valence-corrected chi connectivity index (χ0v) is 15.7. The van der Waals surface area contributed by atoms with E-state index in [0.29, 0.717) is 11.7 Å². The van der Waals surface area contributed by atoms with E-state index in [4.69, 9.17) is 4.74 Å². The summed E-state index contributed by atoms with van der Waals surface area (Å²) < 4.78 is 5.66. The normalized spacial score (nSPS) is 23.9. The highest BCUT2D eigenvalue weighted by Gasteiger charge is 2.33. The van der Waals surface area contributed by atoms with Crippen LogP contribution in [0.15, 0.2) is 24.3 Å². The fourth-order valence-corrected chi connectivity index (χ4v) is 3.91. The molecule has 1 saturated carbocycles. The van der Waals surface area contributed by atoms with Crippen molar-refractivity contribution in [3.63, 3.8) is 0 Å². The lowest BCUT2D eigenvalue weighted by Gasteiger charge is -2.32. The molecule has 0 heterocycles. The number of carbonyl (C=O) groups excluding carboxylic acids is 1. The third kappa shape index (κ3) is 5.65. The monoisotopic (exact) mass is 330 g/mol. The third-order valence-electron chi connectivity index (χ3n) is 5.51. The zero-order valence-electron chi connectivity index (χ0n) is 15.7. The van der Waals surface area contributed by atoms with Crippen LogP contribution in [0, 0.1) is 17.8 Å². The molecule has 1 aliphatic rings. The molecule has 3 atom stereocenters. The number of rotatable bonds is 8. The standard InChI is InChI=1S/C22H34O2/c1-4-6-8-18-10-13-20(14-11-18)24-22(23)21-15-12-19(9-7-5-2)16-17(21)3/h10-11,13-14,17,19,21H,4-9,12,15-16H2,1-3H3/t17-,19+,21-/m1/s1. The Morgan fingerprint density at radius 1 is 1.08 bits per heavy atom. The SMILES string of the molecule is CCCCc1ccc(OC(=O)[C@@H]2CC[C@H](CCCC)C[C@H]2C)cc1. The molecule has 2 rings (SSSR count). The van der Waals surface area contributed by atoms with Gasteiger partial charge in [-0.1, -0.05) is 58.6 Å². The summed E-state index contributed by atoms with van der Waals surface area (Å²) in [5.74, 6) is 1.99. The highest BCUT2D eigenvalue weighted by atomic mass is 16.5. The number of hydrogen-bond acceptors (Lipinski definition) is 2. The smallest absolute Gasteiger partial charge is 0.314 e. The van der Waals surface area contributed by atoms with Crippen LogP contribution in [0.5, 0.6) is 5.75 Å². The van der Waals surface area contributed by atoms with Gasteiger partial charge in [0.2, 0.25) is 0 Å². The first-order valence-corrected chi connectivity index (χ1v) is 9.94. The predicted octanol–water partition coefficient (Wildman–Crippen LogP) is 6.18. The second-order valence-electron chi connectivity index (χ2n) is 7.57. The quantitative estimate of drug-likeness (QED) is 0.420. The molecule has 1 fully saturated rings. The maximum atomic E-state index is 12.5. The first-order chi connectivity index (χ1) is 11.6. The van der Waals surface area contributed by atoms with Crippen LogP contribution in [0.3, 0.4) is 0 Å². The summed E-state index contributed by atoms with van der Waals surface area (Å²) in [6.45, 7) is 6.67. The molecule has 2 nitrogen and oxygen atoms in total. The average Bonchev–Trinajstić information content (AvgIpc) is 2.59. The molecule has 0 unspecified atom stereocenters. The van der Waals surface area contributed by atoms with Crippen LogP contribution in [-0.4, -0.2) is 5.97 Å². The van der Waals surface area contributed by atoms with Gasteiger partial charge in [0.25, 0.3) is 0 Å². The van der Waals surface area contributed by atoms with E-state index in [1.165, 1.54) is 50.5 Å². The van der Waals surface area contributed by atoms with Gasteiger partial charge in [0.05, 0.1) is 5.92 Å². The van der Waals surface area contributed by atoms with Crippen molar-refractivity contribution in [3.8, 4) is 5.75 Å². The van der Waals surface area contributed by atoms with Crippen molar-refractivity contribution in [3.05, 3.63) is 29.8 Å². The fourth-order valence-electron chi connectivity index (χ4n) is 3.91. The molecule has 0 radical (unpaired) electrons. The maximum Gasteiger partial charge on any atom is 0.314 e. The minimum absolute atomic E-state index is 0.0299. The number of carbonyl (C=O) groups is 1. The summed E-state index contributed by atoms with van der Waals surface area (Å²) >= 11 is 0. The molecule has 134 valence electrons.